The van der Waals surface area contributed by atoms with Gasteiger partial charge in [-0.05, 0) is 29.7 Å². The van der Waals surface area contributed by atoms with Gasteiger partial charge in [-0.15, -0.1) is 0 Å². The summed E-state index contributed by atoms with van der Waals surface area (Å²) in [4.78, 5) is 2.51. The fourth-order valence-electron chi connectivity index (χ4n) is 2.11. The number of fused-ring (bicyclic) bond motifs is 1. The van der Waals surface area contributed by atoms with E-state index in [9.17, 15) is 13.5 Å². The van der Waals surface area contributed by atoms with Gasteiger partial charge in [0.05, 0.1) is 11.1 Å². The molecule has 0 saturated heterocycles. The maximum atomic E-state index is 12.7. The topological polar surface area (TPSA) is 75.1 Å². The lowest BCUT2D eigenvalue weighted by molar-refractivity contribution is 0.456. The molecule has 0 amide bonds. The van der Waals surface area contributed by atoms with E-state index in [1.54, 1.807) is 18.2 Å². The molecule has 0 fully saturated rings. The molecular weight excluding hydrogens is 376 g/mol. The molecule has 21 heavy (non-hydrogen) atoms. The molecule has 0 spiro atoms. The van der Waals surface area contributed by atoms with Gasteiger partial charge in [0.1, 0.15) is 0 Å². The molecule has 108 valence electrons. The second-order valence-electron chi connectivity index (χ2n) is 4.34. The van der Waals surface area contributed by atoms with Crippen LogP contribution in [0.5, 0.6) is 5.88 Å². The fraction of sp³-hybridized carbons (Fsp3) is 0. The molecular formula is C13H9BrN2O3S2. The number of aromatic hydroxyl groups is 1. The van der Waals surface area contributed by atoms with Crippen molar-refractivity contribution in [3.63, 3.8) is 0 Å². The fourth-order valence-corrected chi connectivity index (χ4v) is 4.45. The monoisotopic (exact) mass is 384 g/mol. The van der Waals surface area contributed by atoms with Crippen molar-refractivity contribution in [3.8, 4) is 5.88 Å². The number of halogens is 1. The highest BCUT2D eigenvalue weighted by molar-refractivity contribution is 9.10. The smallest absolute Gasteiger partial charge is 0.270 e. The molecule has 0 aliphatic rings. The number of aromatic nitrogens is 2. The summed E-state index contributed by atoms with van der Waals surface area (Å²) in [6, 6.07) is 10.3. The molecule has 0 radical (unpaired) electrons. The van der Waals surface area contributed by atoms with Gasteiger partial charge in [0.2, 0.25) is 5.88 Å². The summed E-state index contributed by atoms with van der Waals surface area (Å²) in [6.45, 7) is 0. The number of nitrogens with one attached hydrogen (secondary N) is 1. The Morgan fingerprint density at radius 1 is 1.14 bits per heavy atom. The van der Waals surface area contributed by atoms with E-state index in [1.165, 1.54) is 6.07 Å². The predicted molar refractivity (Wildman–Crippen MR) is 85.5 cm³/mol. The van der Waals surface area contributed by atoms with Crippen LogP contribution in [0.3, 0.4) is 0 Å². The minimum absolute atomic E-state index is 0.0838. The lowest BCUT2D eigenvalue weighted by atomic mass is 10.1. The summed E-state index contributed by atoms with van der Waals surface area (Å²) in [5, 5.41) is 10.7. The van der Waals surface area contributed by atoms with Crippen molar-refractivity contribution in [3.05, 3.63) is 51.8 Å². The van der Waals surface area contributed by atoms with E-state index in [4.69, 9.17) is 12.2 Å². The Balaban J connectivity index is 2.38. The van der Waals surface area contributed by atoms with Crippen LogP contribution in [0.15, 0.2) is 52.0 Å². The van der Waals surface area contributed by atoms with Crippen molar-refractivity contribution < 1.29 is 13.5 Å². The lowest BCUT2D eigenvalue weighted by Crippen LogP contribution is -2.12. The molecule has 0 aliphatic carbocycles. The summed E-state index contributed by atoms with van der Waals surface area (Å²) < 4.78 is 27.1. The van der Waals surface area contributed by atoms with Crippen molar-refractivity contribution >= 4 is 48.9 Å². The van der Waals surface area contributed by atoms with E-state index in [0.717, 1.165) is 20.0 Å². The molecule has 0 unspecified atom stereocenters. The zero-order chi connectivity index (χ0) is 15.2. The molecule has 0 atom stereocenters. The van der Waals surface area contributed by atoms with Crippen molar-refractivity contribution in [1.29, 1.82) is 0 Å². The number of hydrogen-bond acceptors (Lipinski definition) is 4. The standard InChI is InChI=1S/C13H9BrN2O3S2/c14-10-5-6-11(9-4-2-1-3-8(9)10)21(18,19)16-7-12(17)15-13(16)20/h1-7,17H,(H,15,20). The average molecular weight is 385 g/mol. The molecule has 3 rings (SSSR count). The van der Waals surface area contributed by atoms with Gasteiger partial charge < -0.3 is 10.1 Å². The number of aromatic amines is 1. The van der Waals surface area contributed by atoms with Crippen LogP contribution in [0.4, 0.5) is 0 Å². The molecule has 8 heteroatoms. The highest BCUT2D eigenvalue weighted by Crippen LogP contribution is 2.30. The first-order valence-electron chi connectivity index (χ1n) is 5.85. The van der Waals surface area contributed by atoms with E-state index in [-0.39, 0.29) is 15.5 Å². The highest BCUT2D eigenvalue weighted by atomic mass is 79.9. The Bertz CT molecular complexity index is 1010. The van der Waals surface area contributed by atoms with E-state index in [0.29, 0.717) is 5.39 Å². The van der Waals surface area contributed by atoms with Crippen LogP contribution >= 0.6 is 28.1 Å². The molecule has 2 aromatic carbocycles. The van der Waals surface area contributed by atoms with E-state index in [1.807, 2.05) is 12.1 Å². The first-order chi connectivity index (χ1) is 9.91. The minimum Gasteiger partial charge on any atom is -0.493 e. The van der Waals surface area contributed by atoms with Gasteiger partial charge in [-0.2, -0.15) is 0 Å². The van der Waals surface area contributed by atoms with Crippen molar-refractivity contribution in [2.75, 3.05) is 0 Å². The Labute approximate surface area is 134 Å². The number of imidazole rings is 1. The van der Waals surface area contributed by atoms with E-state index >= 15 is 0 Å². The number of H-pyrrole nitrogens is 1. The second-order valence-corrected chi connectivity index (χ2v) is 7.36. The van der Waals surface area contributed by atoms with Crippen LogP contribution < -0.4 is 0 Å². The van der Waals surface area contributed by atoms with E-state index in [2.05, 4.69) is 20.9 Å². The van der Waals surface area contributed by atoms with Gasteiger partial charge in [-0.1, -0.05) is 40.2 Å². The van der Waals surface area contributed by atoms with Crippen LogP contribution in [-0.2, 0) is 10.0 Å². The Kier molecular flexibility index (Phi) is 3.39. The normalized spacial score (nSPS) is 11.9. The van der Waals surface area contributed by atoms with Crippen molar-refractivity contribution in [2.24, 2.45) is 0 Å². The average Bonchev–Trinajstić information content (AvgIpc) is 2.79. The van der Waals surface area contributed by atoms with Crippen molar-refractivity contribution in [1.82, 2.24) is 8.96 Å². The van der Waals surface area contributed by atoms with Gasteiger partial charge in [0.25, 0.3) is 10.0 Å². The summed E-state index contributed by atoms with van der Waals surface area (Å²) in [6.07, 6.45) is 1.05. The zero-order valence-corrected chi connectivity index (χ0v) is 13.7. The first-order valence-corrected chi connectivity index (χ1v) is 8.49. The second kappa shape index (κ2) is 4.97. The van der Waals surface area contributed by atoms with Gasteiger partial charge in [0, 0.05) is 9.86 Å². The lowest BCUT2D eigenvalue weighted by Gasteiger charge is -2.09. The maximum Gasteiger partial charge on any atom is 0.270 e. The third kappa shape index (κ3) is 2.29. The predicted octanol–water partition coefficient (Wildman–Crippen LogP) is 3.40. The summed E-state index contributed by atoms with van der Waals surface area (Å²) in [5.74, 6) is -0.301. The molecule has 5 nitrogen and oxygen atoms in total. The van der Waals surface area contributed by atoms with Gasteiger partial charge in [-0.25, -0.2) is 12.4 Å². The summed E-state index contributed by atoms with van der Waals surface area (Å²) in [5.41, 5.74) is 0. The number of benzene rings is 2. The molecule has 1 aromatic heterocycles. The molecule has 3 aromatic rings. The van der Waals surface area contributed by atoms with Crippen LogP contribution in [0.1, 0.15) is 0 Å². The van der Waals surface area contributed by atoms with Crippen LogP contribution in [0, 0.1) is 4.77 Å². The first kappa shape index (κ1) is 14.3. The van der Waals surface area contributed by atoms with Gasteiger partial charge in [0.15, 0.2) is 4.77 Å². The third-order valence-electron chi connectivity index (χ3n) is 3.04. The van der Waals surface area contributed by atoms with Gasteiger partial charge in [-0.3, -0.25) is 0 Å². The van der Waals surface area contributed by atoms with Crippen LogP contribution in [-0.4, -0.2) is 22.5 Å². The van der Waals surface area contributed by atoms with Crippen LogP contribution in [0.25, 0.3) is 10.8 Å². The molecule has 0 saturated carbocycles. The third-order valence-corrected chi connectivity index (χ3v) is 5.87. The Morgan fingerprint density at radius 3 is 2.43 bits per heavy atom. The summed E-state index contributed by atoms with van der Waals surface area (Å²) in [7, 11) is -3.89. The zero-order valence-electron chi connectivity index (χ0n) is 10.4. The Morgan fingerprint density at radius 2 is 1.81 bits per heavy atom. The summed E-state index contributed by atoms with van der Waals surface area (Å²) >= 11 is 8.33. The number of rotatable bonds is 2. The maximum absolute atomic E-state index is 12.7. The SMILES string of the molecule is O=S(=O)(c1ccc(Br)c2ccccc12)n1cc(O)[nH]c1=S. The van der Waals surface area contributed by atoms with Crippen molar-refractivity contribution in [2.45, 2.75) is 4.90 Å². The Hall–Kier alpha value is -1.64. The molecule has 0 bridgehead atoms. The van der Waals surface area contributed by atoms with Gasteiger partial charge >= 0.3 is 0 Å². The van der Waals surface area contributed by atoms with E-state index < -0.39 is 10.0 Å². The molecule has 1 heterocycles. The molecule has 0 aliphatic heterocycles. The largest absolute Gasteiger partial charge is 0.493 e. The highest BCUT2D eigenvalue weighted by Gasteiger charge is 2.22. The number of hydrogen-bond donors (Lipinski definition) is 2. The number of nitrogens with zero attached hydrogens (tertiary/aromatic N) is 1. The molecule has 2 N–H and O–H groups in total. The van der Waals surface area contributed by atoms with Crippen LogP contribution in [0.2, 0.25) is 0 Å². The minimum atomic E-state index is -3.89. The quantitative estimate of drug-likeness (QED) is 0.663.